The number of nitriles is 1. The van der Waals surface area contributed by atoms with Crippen molar-refractivity contribution >= 4 is 35.1 Å². The first-order valence-electron chi connectivity index (χ1n) is 12.2. The molecule has 1 N–H and O–H groups in total. The van der Waals surface area contributed by atoms with Crippen molar-refractivity contribution in [2.24, 2.45) is 0 Å². The highest BCUT2D eigenvalue weighted by atomic mass is 32.2. The molecule has 3 amide bonds. The van der Waals surface area contributed by atoms with Crippen LogP contribution in [0.2, 0.25) is 0 Å². The molecule has 5 rings (SSSR count). The Balaban J connectivity index is 1.50. The Kier molecular flexibility index (Phi) is 6.57. The first kappa shape index (κ1) is 24.7. The summed E-state index contributed by atoms with van der Waals surface area (Å²) in [5.74, 6) is 1.47. The number of rotatable bonds is 5. The smallest absolute Gasteiger partial charge is 0.323 e. The second-order valence-electron chi connectivity index (χ2n) is 9.44. The molecule has 1 spiro atoms. The van der Waals surface area contributed by atoms with Crippen LogP contribution in [0, 0.1) is 11.3 Å². The highest BCUT2D eigenvalue weighted by Crippen LogP contribution is 2.55. The summed E-state index contributed by atoms with van der Waals surface area (Å²) < 4.78 is 5.49. The lowest BCUT2D eigenvalue weighted by Gasteiger charge is -2.33. The summed E-state index contributed by atoms with van der Waals surface area (Å²) in [6.07, 6.45) is 0. The molecule has 2 heterocycles. The molecule has 0 aromatic heterocycles. The summed E-state index contributed by atoms with van der Waals surface area (Å²) in [4.78, 5) is 30.0. The average molecular weight is 513 g/mol. The van der Waals surface area contributed by atoms with Gasteiger partial charge >= 0.3 is 6.03 Å². The molecule has 8 heteroatoms. The zero-order valence-corrected chi connectivity index (χ0v) is 21.8. The van der Waals surface area contributed by atoms with Crippen LogP contribution in [0.15, 0.2) is 66.7 Å². The van der Waals surface area contributed by atoms with Gasteiger partial charge in [0, 0.05) is 23.5 Å². The van der Waals surface area contributed by atoms with E-state index in [4.69, 9.17) is 4.74 Å². The largest absolute Gasteiger partial charge is 0.497 e. The van der Waals surface area contributed by atoms with Crippen molar-refractivity contribution in [2.75, 3.05) is 29.6 Å². The molecule has 1 atom stereocenters. The second-order valence-corrected chi connectivity index (χ2v) is 10.7. The van der Waals surface area contributed by atoms with Crippen LogP contribution in [0.3, 0.4) is 0 Å². The number of anilines is 2. The number of benzene rings is 3. The van der Waals surface area contributed by atoms with Gasteiger partial charge in [0.05, 0.1) is 31.0 Å². The van der Waals surface area contributed by atoms with Gasteiger partial charge < -0.3 is 15.0 Å². The summed E-state index contributed by atoms with van der Waals surface area (Å²) in [5, 5.41) is 12.3. The van der Waals surface area contributed by atoms with Crippen LogP contribution in [0.5, 0.6) is 5.75 Å². The maximum atomic E-state index is 14.2. The molecule has 188 valence electrons. The van der Waals surface area contributed by atoms with Crippen LogP contribution in [0.25, 0.3) is 0 Å². The Labute approximate surface area is 221 Å². The van der Waals surface area contributed by atoms with Crippen LogP contribution >= 0.6 is 11.8 Å². The molecule has 0 unspecified atom stereocenters. The maximum Gasteiger partial charge on any atom is 0.323 e. The number of carbonyl (C=O) groups excluding carboxylic acids is 2. The topological polar surface area (TPSA) is 85.7 Å². The van der Waals surface area contributed by atoms with Crippen LogP contribution in [0.1, 0.15) is 42.0 Å². The third-order valence-corrected chi connectivity index (χ3v) is 8.29. The van der Waals surface area contributed by atoms with E-state index < -0.39 is 4.87 Å². The fraction of sp³-hybridized carbons (Fsp3) is 0.276. The van der Waals surface area contributed by atoms with E-state index in [-0.39, 0.29) is 11.9 Å². The van der Waals surface area contributed by atoms with Gasteiger partial charge in [0.1, 0.15) is 5.75 Å². The summed E-state index contributed by atoms with van der Waals surface area (Å²) in [5.41, 5.74) is 4.73. The third kappa shape index (κ3) is 4.30. The van der Waals surface area contributed by atoms with Crippen LogP contribution in [-0.2, 0) is 16.2 Å². The fourth-order valence-corrected chi connectivity index (χ4v) is 6.39. The molecule has 7 nitrogen and oxygen atoms in total. The number of amides is 3. The lowest BCUT2D eigenvalue weighted by Crippen LogP contribution is -2.51. The van der Waals surface area contributed by atoms with E-state index in [1.165, 1.54) is 17.3 Å². The summed E-state index contributed by atoms with van der Waals surface area (Å²) in [7, 11) is 1.59. The zero-order valence-electron chi connectivity index (χ0n) is 21.0. The molecule has 2 aliphatic rings. The maximum absolute atomic E-state index is 14.2. The quantitative estimate of drug-likeness (QED) is 0.476. The molecular formula is C29H28N4O3S. The van der Waals surface area contributed by atoms with E-state index in [0.717, 1.165) is 16.8 Å². The predicted molar refractivity (Wildman–Crippen MR) is 146 cm³/mol. The van der Waals surface area contributed by atoms with Gasteiger partial charge in [-0.1, -0.05) is 38.1 Å². The number of carbonyl (C=O) groups is 2. The highest BCUT2D eigenvalue weighted by molar-refractivity contribution is 8.01. The normalized spacial score (nSPS) is 18.3. The zero-order chi connectivity index (χ0) is 26.2. The Hall–Kier alpha value is -3.96. The molecule has 1 saturated heterocycles. The molecule has 37 heavy (non-hydrogen) atoms. The number of urea groups is 1. The monoisotopic (exact) mass is 512 g/mol. The van der Waals surface area contributed by atoms with Crippen molar-refractivity contribution in [1.82, 2.24) is 4.90 Å². The van der Waals surface area contributed by atoms with Gasteiger partial charge in [-0.2, -0.15) is 5.26 Å². The van der Waals surface area contributed by atoms with E-state index in [1.807, 2.05) is 54.6 Å². The molecule has 0 aliphatic carbocycles. The number of ether oxygens (including phenoxy) is 1. The van der Waals surface area contributed by atoms with E-state index in [2.05, 4.69) is 25.2 Å². The predicted octanol–water partition coefficient (Wildman–Crippen LogP) is 5.67. The SMILES string of the molecule is COc1ccc2c(c1)[C@]1(SCCN1C(=O)Nc1ccc(C(C)C)cc1)C(=O)N2Cc1cccc(C#N)c1. The number of methoxy groups -OCH3 is 1. The first-order chi connectivity index (χ1) is 17.9. The number of fused-ring (bicyclic) bond motifs is 2. The molecule has 0 bridgehead atoms. The lowest BCUT2D eigenvalue weighted by atomic mass is 10.0. The standard InChI is InChI=1S/C29H28N4O3S/c1-19(2)22-7-9-23(10-8-22)31-28(35)33-13-14-37-29(33)25-16-24(36-3)11-12-26(25)32(27(29)34)18-21-6-4-5-20(15-21)17-30/h4-12,15-16,19H,13-14,18H2,1-3H3,(H,31,35)/t29-/m0/s1. The minimum Gasteiger partial charge on any atom is -0.497 e. The number of thioether (sulfide) groups is 1. The minimum absolute atomic E-state index is 0.175. The van der Waals surface area contributed by atoms with E-state index in [1.54, 1.807) is 29.0 Å². The van der Waals surface area contributed by atoms with Gasteiger partial charge in [-0.05, 0) is 59.5 Å². The molecular weight excluding hydrogens is 484 g/mol. The van der Waals surface area contributed by atoms with Crippen LogP contribution < -0.4 is 15.0 Å². The van der Waals surface area contributed by atoms with Gasteiger partial charge in [0.15, 0.2) is 4.87 Å². The summed E-state index contributed by atoms with van der Waals surface area (Å²) in [6, 6.07) is 22.4. The summed E-state index contributed by atoms with van der Waals surface area (Å²) >= 11 is 1.46. The number of hydrogen-bond donors (Lipinski definition) is 1. The molecule has 2 aliphatic heterocycles. The number of nitrogens with zero attached hydrogens (tertiary/aromatic N) is 3. The molecule has 1 fully saturated rings. The van der Waals surface area contributed by atoms with Crippen molar-refractivity contribution < 1.29 is 14.3 Å². The van der Waals surface area contributed by atoms with Crippen LogP contribution in [-0.4, -0.2) is 36.2 Å². The Morgan fingerprint density at radius 1 is 1.16 bits per heavy atom. The Morgan fingerprint density at radius 2 is 1.95 bits per heavy atom. The van der Waals surface area contributed by atoms with Gasteiger partial charge in [0.2, 0.25) is 0 Å². The number of hydrogen-bond acceptors (Lipinski definition) is 5. The van der Waals surface area contributed by atoms with Crippen molar-refractivity contribution in [3.05, 3.63) is 89.0 Å². The van der Waals surface area contributed by atoms with Gasteiger partial charge in [-0.15, -0.1) is 11.8 Å². The summed E-state index contributed by atoms with van der Waals surface area (Å²) in [6.45, 7) is 4.97. The fourth-order valence-electron chi connectivity index (χ4n) is 4.94. The van der Waals surface area contributed by atoms with Gasteiger partial charge in [-0.3, -0.25) is 9.69 Å². The highest BCUT2D eigenvalue weighted by Gasteiger charge is 2.59. The Morgan fingerprint density at radius 3 is 2.65 bits per heavy atom. The van der Waals surface area contributed by atoms with Crippen molar-refractivity contribution in [1.29, 1.82) is 5.26 Å². The lowest BCUT2D eigenvalue weighted by molar-refractivity contribution is -0.123. The average Bonchev–Trinajstić information content (AvgIpc) is 3.46. The van der Waals surface area contributed by atoms with Crippen molar-refractivity contribution in [2.45, 2.75) is 31.2 Å². The Bertz CT molecular complexity index is 1400. The van der Waals surface area contributed by atoms with Gasteiger partial charge in [0.25, 0.3) is 5.91 Å². The second kappa shape index (κ2) is 9.83. The first-order valence-corrected chi connectivity index (χ1v) is 13.2. The van der Waals surface area contributed by atoms with Crippen LogP contribution in [0.4, 0.5) is 16.2 Å². The van der Waals surface area contributed by atoms with E-state index >= 15 is 0 Å². The van der Waals surface area contributed by atoms with Gasteiger partial charge in [-0.25, -0.2) is 4.79 Å². The molecule has 0 radical (unpaired) electrons. The molecule has 0 saturated carbocycles. The van der Waals surface area contributed by atoms with E-state index in [0.29, 0.717) is 41.8 Å². The number of nitrogens with one attached hydrogen (secondary N) is 1. The van der Waals surface area contributed by atoms with Crippen molar-refractivity contribution in [3.8, 4) is 11.8 Å². The molecule has 3 aromatic carbocycles. The van der Waals surface area contributed by atoms with Crippen molar-refractivity contribution in [3.63, 3.8) is 0 Å². The third-order valence-electron chi connectivity index (χ3n) is 6.87. The van der Waals surface area contributed by atoms with E-state index in [9.17, 15) is 14.9 Å². The minimum atomic E-state index is -1.20. The molecule has 3 aromatic rings.